The lowest BCUT2D eigenvalue weighted by atomic mass is 10.6. The molecule has 0 saturated heterocycles. The van der Waals surface area contributed by atoms with Crippen molar-refractivity contribution < 1.29 is 9.46 Å². The second kappa shape index (κ2) is 7.04. The Morgan fingerprint density at radius 2 is 1.54 bits per heavy atom. The van der Waals surface area contributed by atoms with Crippen LogP contribution in [0.5, 0.6) is 0 Å². The maximum atomic E-state index is 11.3. The van der Waals surface area contributed by atoms with Crippen LogP contribution in [0, 0.1) is 0 Å². The maximum Gasteiger partial charge on any atom is 0.227 e. The van der Waals surface area contributed by atoms with Gasteiger partial charge in [0.2, 0.25) is 7.37 Å². The van der Waals surface area contributed by atoms with Gasteiger partial charge in [-0.25, -0.2) is 0 Å². The third-order valence-corrected chi connectivity index (χ3v) is 2.73. The molecule has 0 rings (SSSR count). The predicted molar refractivity (Wildman–Crippen MR) is 56.0 cm³/mol. The summed E-state index contributed by atoms with van der Waals surface area (Å²) in [6, 6.07) is 0. The fourth-order valence-corrected chi connectivity index (χ4v) is 1.81. The van der Waals surface area contributed by atoms with Crippen LogP contribution in [-0.4, -0.2) is 30.6 Å². The van der Waals surface area contributed by atoms with Gasteiger partial charge in [0.15, 0.2) is 0 Å². The molecule has 0 radical (unpaired) electrons. The highest BCUT2D eigenvalue weighted by Crippen LogP contribution is 2.36. The summed E-state index contributed by atoms with van der Waals surface area (Å²) < 4.78 is 11.3. The van der Waals surface area contributed by atoms with Crippen LogP contribution in [0.1, 0.15) is 0 Å². The first-order valence-corrected chi connectivity index (χ1v) is 6.09. The number of nitrogens with one attached hydrogen (secondary N) is 2. The topological polar surface area (TPSA) is 61.4 Å². The molecule has 0 aliphatic rings. The normalized spacial score (nSPS) is 11.2. The molecule has 4 nitrogen and oxygen atoms in total. The maximum absolute atomic E-state index is 11.3. The molecule has 0 aliphatic carbocycles. The van der Waals surface area contributed by atoms with E-state index in [4.69, 9.17) is 0 Å². The Bertz CT molecular complexity index is 188. The Morgan fingerprint density at radius 1 is 1.15 bits per heavy atom. The van der Waals surface area contributed by atoms with Gasteiger partial charge in [-0.05, 0) is 0 Å². The average Bonchev–Trinajstić information content (AvgIpc) is 2.05. The van der Waals surface area contributed by atoms with Crippen molar-refractivity contribution in [3.8, 4) is 0 Å². The number of rotatable bonds is 8. The standard InChI is InChI=1S/C8H17N2O2P/c1-3-5-9-7-13(11,12)8-10-6-4-2/h3-4,9-10H,1-2,5-8H2,(H,11,12). The van der Waals surface area contributed by atoms with Crippen LogP contribution in [-0.2, 0) is 4.57 Å². The highest BCUT2D eigenvalue weighted by Gasteiger charge is 2.15. The lowest BCUT2D eigenvalue weighted by molar-refractivity contribution is 0.468. The van der Waals surface area contributed by atoms with Crippen LogP contribution < -0.4 is 10.6 Å². The van der Waals surface area contributed by atoms with Gasteiger partial charge >= 0.3 is 0 Å². The average molecular weight is 204 g/mol. The molecule has 3 N–H and O–H groups in total. The van der Waals surface area contributed by atoms with Crippen molar-refractivity contribution in [3.05, 3.63) is 25.3 Å². The van der Waals surface area contributed by atoms with Gasteiger partial charge in [-0.1, -0.05) is 12.2 Å². The van der Waals surface area contributed by atoms with Gasteiger partial charge in [-0.15, -0.1) is 13.2 Å². The van der Waals surface area contributed by atoms with Crippen molar-refractivity contribution in [1.29, 1.82) is 0 Å². The summed E-state index contributed by atoms with van der Waals surface area (Å²) in [4.78, 5) is 9.33. The molecular formula is C8H17N2O2P. The van der Waals surface area contributed by atoms with E-state index in [0.29, 0.717) is 13.1 Å². The van der Waals surface area contributed by atoms with Gasteiger partial charge in [0, 0.05) is 13.1 Å². The Morgan fingerprint density at radius 3 is 1.85 bits per heavy atom. The second-order valence-corrected chi connectivity index (χ2v) is 4.97. The predicted octanol–water partition coefficient (Wildman–Crippen LogP) is 0.723. The molecule has 0 aromatic carbocycles. The molecule has 0 aromatic heterocycles. The molecule has 0 aliphatic heterocycles. The van der Waals surface area contributed by atoms with Crippen LogP contribution in [0.3, 0.4) is 0 Å². The zero-order valence-corrected chi connectivity index (χ0v) is 8.59. The molecule has 0 unspecified atom stereocenters. The van der Waals surface area contributed by atoms with E-state index < -0.39 is 7.37 Å². The van der Waals surface area contributed by atoms with Crippen LogP contribution in [0.2, 0.25) is 0 Å². The first-order valence-electron chi connectivity index (χ1n) is 4.06. The quantitative estimate of drug-likeness (QED) is 0.310. The van der Waals surface area contributed by atoms with Gasteiger partial charge in [-0.3, -0.25) is 4.57 Å². The first-order chi connectivity index (χ1) is 6.12. The third kappa shape index (κ3) is 7.94. The summed E-state index contributed by atoms with van der Waals surface area (Å²) in [5.74, 6) is 0. The molecule has 0 fully saturated rings. The van der Waals surface area contributed by atoms with Crippen molar-refractivity contribution in [2.75, 3.05) is 25.7 Å². The van der Waals surface area contributed by atoms with Gasteiger partial charge in [0.05, 0.1) is 12.6 Å². The van der Waals surface area contributed by atoms with Crippen LogP contribution in [0.4, 0.5) is 0 Å². The molecule has 5 heteroatoms. The minimum absolute atomic E-state index is 0.114. The molecule has 0 amide bonds. The van der Waals surface area contributed by atoms with Gasteiger partial charge in [0.1, 0.15) is 0 Å². The van der Waals surface area contributed by atoms with E-state index in [0.717, 1.165) is 0 Å². The van der Waals surface area contributed by atoms with E-state index in [1.165, 1.54) is 0 Å². The van der Waals surface area contributed by atoms with Crippen molar-refractivity contribution in [2.45, 2.75) is 0 Å². The van der Waals surface area contributed by atoms with Crippen LogP contribution in [0.25, 0.3) is 0 Å². The molecule has 0 aromatic rings. The summed E-state index contributed by atoms with van der Waals surface area (Å²) >= 11 is 0. The highest BCUT2D eigenvalue weighted by atomic mass is 31.2. The molecule has 0 bridgehead atoms. The van der Waals surface area contributed by atoms with Gasteiger partial charge < -0.3 is 15.5 Å². The van der Waals surface area contributed by atoms with Gasteiger partial charge in [0.25, 0.3) is 0 Å². The molecule has 13 heavy (non-hydrogen) atoms. The smallest absolute Gasteiger partial charge is 0.227 e. The molecule has 0 spiro atoms. The van der Waals surface area contributed by atoms with Crippen LogP contribution in [0.15, 0.2) is 25.3 Å². The summed E-state index contributed by atoms with van der Waals surface area (Å²) in [5, 5.41) is 5.61. The van der Waals surface area contributed by atoms with E-state index >= 15 is 0 Å². The minimum atomic E-state index is -3.07. The third-order valence-electron chi connectivity index (χ3n) is 1.30. The van der Waals surface area contributed by atoms with Crippen molar-refractivity contribution >= 4 is 7.37 Å². The Hall–Kier alpha value is -0.410. The monoisotopic (exact) mass is 204 g/mol. The van der Waals surface area contributed by atoms with E-state index in [9.17, 15) is 9.46 Å². The fraction of sp³-hybridized carbons (Fsp3) is 0.500. The molecular weight excluding hydrogens is 187 g/mol. The number of hydrogen-bond donors (Lipinski definition) is 3. The summed E-state index contributed by atoms with van der Waals surface area (Å²) in [5.41, 5.74) is 0. The first kappa shape index (κ1) is 12.6. The minimum Gasteiger partial charge on any atom is -0.343 e. The fourth-order valence-electron chi connectivity index (χ4n) is 0.739. The SMILES string of the molecule is C=CCNCP(=O)(O)CNCC=C. The summed E-state index contributed by atoms with van der Waals surface area (Å²) in [6.45, 7) is 8.08. The van der Waals surface area contributed by atoms with E-state index in [1.54, 1.807) is 12.2 Å². The van der Waals surface area contributed by atoms with Crippen molar-refractivity contribution in [1.82, 2.24) is 10.6 Å². The Balaban J connectivity index is 3.59. The zero-order valence-electron chi connectivity index (χ0n) is 7.70. The van der Waals surface area contributed by atoms with Crippen molar-refractivity contribution in [3.63, 3.8) is 0 Å². The highest BCUT2D eigenvalue weighted by molar-refractivity contribution is 7.57. The second-order valence-electron chi connectivity index (χ2n) is 2.65. The Kier molecular flexibility index (Phi) is 6.82. The largest absolute Gasteiger partial charge is 0.343 e. The lowest BCUT2D eigenvalue weighted by Crippen LogP contribution is -2.22. The van der Waals surface area contributed by atoms with Crippen molar-refractivity contribution in [2.24, 2.45) is 0 Å². The lowest BCUT2D eigenvalue weighted by Gasteiger charge is -2.11. The molecule has 76 valence electrons. The van der Waals surface area contributed by atoms with Crippen LogP contribution >= 0.6 is 7.37 Å². The van der Waals surface area contributed by atoms with E-state index in [2.05, 4.69) is 23.8 Å². The molecule has 0 saturated carbocycles. The van der Waals surface area contributed by atoms with E-state index in [1.807, 2.05) is 0 Å². The summed E-state index contributed by atoms with van der Waals surface area (Å²) in [7, 11) is -3.07. The molecule has 0 atom stereocenters. The van der Waals surface area contributed by atoms with Gasteiger partial charge in [-0.2, -0.15) is 0 Å². The molecule has 0 heterocycles. The number of hydrogen-bond acceptors (Lipinski definition) is 3. The van der Waals surface area contributed by atoms with E-state index in [-0.39, 0.29) is 12.6 Å². The Labute approximate surface area is 79.2 Å². The zero-order chi connectivity index (χ0) is 10.2. The summed E-state index contributed by atoms with van der Waals surface area (Å²) in [6.07, 6.45) is 3.53.